The molecule has 0 aliphatic carbocycles. The van der Waals surface area contributed by atoms with Crippen LogP contribution in [0, 0.1) is 11.6 Å². The molecule has 1 fully saturated rings. The molecule has 1 saturated heterocycles. The minimum Gasteiger partial charge on any atom is -0.459 e. The molecule has 1 aromatic rings. The van der Waals surface area contributed by atoms with E-state index in [2.05, 4.69) is 0 Å². The Labute approximate surface area is 97.3 Å². The summed E-state index contributed by atoms with van der Waals surface area (Å²) in [4.78, 5) is 11.5. The predicted molar refractivity (Wildman–Crippen MR) is 55.6 cm³/mol. The van der Waals surface area contributed by atoms with Gasteiger partial charge in [0.2, 0.25) is 0 Å². The van der Waals surface area contributed by atoms with Gasteiger partial charge in [-0.05, 0) is 25.0 Å². The Kier molecular flexibility index (Phi) is 3.68. The first-order valence-electron chi connectivity index (χ1n) is 5.41. The van der Waals surface area contributed by atoms with E-state index in [1.165, 1.54) is 6.07 Å². The van der Waals surface area contributed by atoms with Gasteiger partial charge in [-0.25, -0.2) is 13.6 Å². The smallest absolute Gasteiger partial charge is 0.344 e. The highest BCUT2D eigenvalue weighted by Crippen LogP contribution is 2.16. The predicted octanol–water partition coefficient (Wildman–Crippen LogP) is 2.30. The second-order valence-electron chi connectivity index (χ2n) is 3.83. The van der Waals surface area contributed by atoms with Crippen molar-refractivity contribution < 1.29 is 23.0 Å². The standard InChI is InChI=1S/C12H12F2O3/c13-9-4-1-5-10(14)11(9)12(15)17-7-8-3-2-6-16-8/h1,4-5,8H,2-3,6-7H2. The molecule has 5 heteroatoms. The summed E-state index contributed by atoms with van der Waals surface area (Å²) in [7, 11) is 0. The van der Waals surface area contributed by atoms with Crippen molar-refractivity contribution in [3.8, 4) is 0 Å². The normalized spacial score (nSPS) is 19.3. The topological polar surface area (TPSA) is 35.5 Å². The van der Waals surface area contributed by atoms with Crippen LogP contribution in [0.2, 0.25) is 0 Å². The molecular formula is C12H12F2O3. The van der Waals surface area contributed by atoms with E-state index in [4.69, 9.17) is 9.47 Å². The molecule has 0 N–H and O–H groups in total. The molecule has 0 amide bonds. The van der Waals surface area contributed by atoms with Crippen LogP contribution in [0.1, 0.15) is 23.2 Å². The van der Waals surface area contributed by atoms with Crippen molar-refractivity contribution in [2.45, 2.75) is 18.9 Å². The molecule has 1 aliphatic rings. The van der Waals surface area contributed by atoms with Gasteiger partial charge in [0.1, 0.15) is 23.8 Å². The van der Waals surface area contributed by atoms with Crippen molar-refractivity contribution in [2.24, 2.45) is 0 Å². The van der Waals surface area contributed by atoms with Gasteiger partial charge >= 0.3 is 5.97 Å². The zero-order valence-electron chi connectivity index (χ0n) is 9.12. The van der Waals surface area contributed by atoms with E-state index in [9.17, 15) is 13.6 Å². The molecule has 1 atom stereocenters. The Bertz CT molecular complexity index is 394. The molecule has 0 aromatic heterocycles. The number of benzene rings is 1. The molecule has 1 unspecified atom stereocenters. The van der Waals surface area contributed by atoms with E-state index in [1.807, 2.05) is 0 Å². The Morgan fingerprint density at radius 3 is 2.71 bits per heavy atom. The van der Waals surface area contributed by atoms with Crippen LogP contribution in [0.15, 0.2) is 18.2 Å². The van der Waals surface area contributed by atoms with Crippen molar-refractivity contribution in [1.82, 2.24) is 0 Å². The van der Waals surface area contributed by atoms with E-state index < -0.39 is 23.2 Å². The lowest BCUT2D eigenvalue weighted by Gasteiger charge is -2.10. The van der Waals surface area contributed by atoms with E-state index in [1.54, 1.807) is 0 Å². The summed E-state index contributed by atoms with van der Waals surface area (Å²) >= 11 is 0. The van der Waals surface area contributed by atoms with Crippen LogP contribution in [0.3, 0.4) is 0 Å². The molecule has 0 radical (unpaired) electrons. The first-order valence-corrected chi connectivity index (χ1v) is 5.41. The summed E-state index contributed by atoms with van der Waals surface area (Å²) < 4.78 is 36.5. The zero-order valence-corrected chi connectivity index (χ0v) is 9.12. The lowest BCUT2D eigenvalue weighted by atomic mass is 10.2. The first-order chi connectivity index (χ1) is 8.18. The van der Waals surface area contributed by atoms with E-state index in [0.29, 0.717) is 6.61 Å². The lowest BCUT2D eigenvalue weighted by Crippen LogP contribution is -2.19. The number of carbonyl (C=O) groups excluding carboxylic acids is 1. The SMILES string of the molecule is O=C(OCC1CCCO1)c1c(F)cccc1F. The van der Waals surface area contributed by atoms with Gasteiger partial charge < -0.3 is 9.47 Å². The van der Waals surface area contributed by atoms with Gasteiger partial charge in [-0.1, -0.05) is 6.07 Å². The molecule has 1 heterocycles. The van der Waals surface area contributed by atoms with Gasteiger partial charge in [-0.2, -0.15) is 0 Å². The average molecular weight is 242 g/mol. The number of carbonyl (C=O) groups is 1. The van der Waals surface area contributed by atoms with Crippen molar-refractivity contribution >= 4 is 5.97 Å². The minimum absolute atomic E-state index is 0.0343. The van der Waals surface area contributed by atoms with Gasteiger partial charge in [0, 0.05) is 6.61 Å². The van der Waals surface area contributed by atoms with Crippen molar-refractivity contribution in [3.05, 3.63) is 35.4 Å². The summed E-state index contributed by atoms with van der Waals surface area (Å²) in [5, 5.41) is 0. The van der Waals surface area contributed by atoms with Crippen LogP contribution in [0.5, 0.6) is 0 Å². The quantitative estimate of drug-likeness (QED) is 0.763. The fourth-order valence-electron chi connectivity index (χ4n) is 1.71. The third-order valence-corrected chi connectivity index (χ3v) is 2.59. The van der Waals surface area contributed by atoms with Gasteiger partial charge in [0.25, 0.3) is 0 Å². The molecule has 0 saturated carbocycles. The van der Waals surface area contributed by atoms with Crippen molar-refractivity contribution in [2.75, 3.05) is 13.2 Å². The monoisotopic (exact) mass is 242 g/mol. The van der Waals surface area contributed by atoms with Crippen LogP contribution in [0.25, 0.3) is 0 Å². The molecule has 92 valence electrons. The molecule has 1 aliphatic heterocycles. The highest BCUT2D eigenvalue weighted by Gasteiger charge is 2.22. The Morgan fingerprint density at radius 2 is 2.12 bits per heavy atom. The van der Waals surface area contributed by atoms with Gasteiger partial charge in [0.05, 0.1) is 6.10 Å². The summed E-state index contributed by atoms with van der Waals surface area (Å²) in [5.41, 5.74) is -0.648. The van der Waals surface area contributed by atoms with Gasteiger partial charge in [-0.3, -0.25) is 0 Å². The van der Waals surface area contributed by atoms with E-state index >= 15 is 0 Å². The Balaban J connectivity index is 1.99. The maximum Gasteiger partial charge on any atom is 0.344 e. The summed E-state index contributed by atoms with van der Waals surface area (Å²) in [6.45, 7) is 0.670. The highest BCUT2D eigenvalue weighted by molar-refractivity contribution is 5.90. The zero-order chi connectivity index (χ0) is 12.3. The second kappa shape index (κ2) is 5.23. The molecule has 2 rings (SSSR count). The Hall–Kier alpha value is -1.49. The van der Waals surface area contributed by atoms with Crippen LogP contribution < -0.4 is 0 Å². The summed E-state index contributed by atoms with van der Waals surface area (Å²) in [6.07, 6.45) is 1.55. The van der Waals surface area contributed by atoms with Gasteiger partial charge in [-0.15, -0.1) is 0 Å². The molecule has 0 spiro atoms. The number of hydrogen-bond donors (Lipinski definition) is 0. The van der Waals surface area contributed by atoms with Gasteiger partial charge in [0.15, 0.2) is 0 Å². The average Bonchev–Trinajstić information content (AvgIpc) is 2.79. The molecule has 0 bridgehead atoms. The number of ether oxygens (including phenoxy) is 2. The lowest BCUT2D eigenvalue weighted by molar-refractivity contribution is 0.0153. The van der Waals surface area contributed by atoms with Crippen LogP contribution >= 0.6 is 0 Å². The molecule has 3 nitrogen and oxygen atoms in total. The first kappa shape index (κ1) is 12.0. The maximum atomic E-state index is 13.2. The van der Waals surface area contributed by atoms with E-state index in [-0.39, 0.29) is 12.7 Å². The van der Waals surface area contributed by atoms with Crippen molar-refractivity contribution in [3.63, 3.8) is 0 Å². The number of hydrogen-bond acceptors (Lipinski definition) is 3. The molecule has 1 aromatic carbocycles. The summed E-state index contributed by atoms with van der Waals surface area (Å²) in [5.74, 6) is -2.82. The summed E-state index contributed by atoms with van der Waals surface area (Å²) in [6, 6.07) is 3.24. The molecule has 17 heavy (non-hydrogen) atoms. The largest absolute Gasteiger partial charge is 0.459 e. The Morgan fingerprint density at radius 1 is 1.41 bits per heavy atom. The second-order valence-corrected chi connectivity index (χ2v) is 3.83. The van der Waals surface area contributed by atoms with E-state index in [0.717, 1.165) is 25.0 Å². The highest BCUT2D eigenvalue weighted by atomic mass is 19.1. The third-order valence-electron chi connectivity index (χ3n) is 2.59. The maximum absolute atomic E-state index is 13.2. The minimum atomic E-state index is -0.990. The van der Waals surface area contributed by atoms with Crippen LogP contribution in [-0.2, 0) is 9.47 Å². The third kappa shape index (κ3) is 2.79. The number of halogens is 2. The van der Waals surface area contributed by atoms with Crippen molar-refractivity contribution in [1.29, 1.82) is 0 Å². The molecular weight excluding hydrogens is 230 g/mol. The van der Waals surface area contributed by atoms with Crippen LogP contribution in [0.4, 0.5) is 8.78 Å². The fraction of sp³-hybridized carbons (Fsp3) is 0.417. The van der Waals surface area contributed by atoms with Crippen LogP contribution in [-0.4, -0.2) is 25.3 Å². The fourth-order valence-corrected chi connectivity index (χ4v) is 1.71. The number of rotatable bonds is 3. The number of esters is 1.